The summed E-state index contributed by atoms with van der Waals surface area (Å²) in [7, 11) is 1.60. The van der Waals surface area contributed by atoms with Gasteiger partial charge in [-0.1, -0.05) is 17.7 Å². The fourth-order valence-corrected chi connectivity index (χ4v) is 4.40. The van der Waals surface area contributed by atoms with Crippen molar-refractivity contribution in [2.45, 2.75) is 32.7 Å². The molecule has 1 unspecified atom stereocenters. The van der Waals surface area contributed by atoms with Gasteiger partial charge in [0, 0.05) is 32.3 Å². The van der Waals surface area contributed by atoms with Crippen LogP contribution in [0.3, 0.4) is 0 Å². The summed E-state index contributed by atoms with van der Waals surface area (Å²) in [6.07, 6.45) is 4.83. The number of carbonyl (C=O) groups excluding carboxylic acids is 2. The summed E-state index contributed by atoms with van der Waals surface area (Å²) in [6.45, 7) is 2.16. The van der Waals surface area contributed by atoms with Crippen molar-refractivity contribution >= 4 is 34.5 Å². The molecule has 0 saturated carbocycles. The monoisotopic (exact) mass is 518 g/mol. The molecule has 3 N–H and O–H groups in total. The lowest BCUT2D eigenvalue weighted by atomic mass is 9.76. The Balaban J connectivity index is 1.29. The number of aromatic nitrogens is 4. The summed E-state index contributed by atoms with van der Waals surface area (Å²) >= 11 is 0. The van der Waals surface area contributed by atoms with Gasteiger partial charge in [-0.3, -0.25) is 19.0 Å². The third-order valence-electron chi connectivity index (χ3n) is 6.97. The number of amides is 2. The molecule has 1 aliphatic rings. The highest BCUT2D eigenvalue weighted by molar-refractivity contribution is 5.98. The molecule has 0 spiro atoms. The number of carboxylic acid groups (broad SMARTS) is 1. The van der Waals surface area contributed by atoms with E-state index in [0.29, 0.717) is 36.0 Å². The number of benzene rings is 1. The third kappa shape index (κ3) is 4.67. The van der Waals surface area contributed by atoms with E-state index >= 15 is 0 Å². The first-order valence-corrected chi connectivity index (χ1v) is 12.1. The number of oxazole rings is 1. The predicted molar refractivity (Wildman–Crippen MR) is 136 cm³/mol. The number of allylic oxidation sites excluding steroid dienone is 1. The van der Waals surface area contributed by atoms with Gasteiger partial charge < -0.3 is 20.2 Å². The second-order valence-electron chi connectivity index (χ2n) is 9.65. The van der Waals surface area contributed by atoms with Crippen LogP contribution in [0.15, 0.2) is 57.4 Å². The Morgan fingerprint density at radius 3 is 2.66 bits per heavy atom. The molecule has 0 saturated heterocycles. The largest absolute Gasteiger partial charge is 0.481 e. The van der Waals surface area contributed by atoms with E-state index in [2.05, 4.69) is 20.7 Å². The Bertz CT molecular complexity index is 1680. The van der Waals surface area contributed by atoms with Crippen molar-refractivity contribution in [2.75, 3.05) is 6.54 Å². The van der Waals surface area contributed by atoms with E-state index in [1.54, 1.807) is 38.2 Å². The zero-order chi connectivity index (χ0) is 27.0. The number of aryl methyl sites for hydroxylation is 1. The highest BCUT2D eigenvalue weighted by atomic mass is 16.4. The molecule has 38 heavy (non-hydrogen) atoms. The highest BCUT2D eigenvalue weighted by Gasteiger charge is 2.34. The van der Waals surface area contributed by atoms with Crippen LogP contribution < -0.4 is 16.4 Å². The van der Waals surface area contributed by atoms with Gasteiger partial charge in [0.1, 0.15) is 11.4 Å². The maximum atomic E-state index is 13.1. The Kier molecular flexibility index (Phi) is 6.31. The molecular formula is C26H26N6O6. The topological polar surface area (TPSA) is 161 Å². The van der Waals surface area contributed by atoms with Crippen molar-refractivity contribution < 1.29 is 23.9 Å². The molecule has 1 atom stereocenters. The molecule has 1 aliphatic carbocycles. The first-order valence-electron chi connectivity index (χ1n) is 12.1. The minimum atomic E-state index is -0.826. The summed E-state index contributed by atoms with van der Waals surface area (Å²) in [5, 5.41) is 19.2. The molecule has 0 aliphatic heterocycles. The van der Waals surface area contributed by atoms with Gasteiger partial charge in [0.15, 0.2) is 11.2 Å². The normalized spacial score (nSPS) is 17.4. The fourth-order valence-electron chi connectivity index (χ4n) is 4.40. The van der Waals surface area contributed by atoms with Gasteiger partial charge >= 0.3 is 11.7 Å². The maximum absolute atomic E-state index is 13.1. The van der Waals surface area contributed by atoms with Crippen LogP contribution in [0, 0.1) is 5.41 Å². The highest BCUT2D eigenvalue weighted by Crippen LogP contribution is 2.35. The van der Waals surface area contributed by atoms with Crippen molar-refractivity contribution in [3.05, 3.63) is 75.7 Å². The van der Waals surface area contributed by atoms with E-state index in [1.807, 2.05) is 6.08 Å². The SMILES string of the molecule is Cn1c(=O)oc2ccc(CNC(=O)c3cc(C(=O)NCC4=CCC(C)(C(=O)O)CC4)n4nccc4n3)cc21. The number of carbonyl (C=O) groups is 3. The molecule has 0 bridgehead atoms. The van der Waals surface area contributed by atoms with E-state index < -0.39 is 29.0 Å². The molecule has 3 heterocycles. The molecule has 196 valence electrons. The molecule has 5 rings (SSSR count). The molecule has 4 aromatic rings. The molecule has 1 aromatic carbocycles. The lowest BCUT2D eigenvalue weighted by Crippen LogP contribution is -2.33. The number of fused-ring (bicyclic) bond motifs is 2. The summed E-state index contributed by atoms with van der Waals surface area (Å²) in [6, 6.07) is 8.14. The summed E-state index contributed by atoms with van der Waals surface area (Å²) < 4.78 is 7.87. The van der Waals surface area contributed by atoms with Gasteiger partial charge in [-0.05, 0) is 43.9 Å². The smallest absolute Gasteiger partial charge is 0.419 e. The third-order valence-corrected chi connectivity index (χ3v) is 6.97. The second kappa shape index (κ2) is 9.61. The van der Waals surface area contributed by atoms with Crippen LogP contribution >= 0.6 is 0 Å². The van der Waals surface area contributed by atoms with E-state index in [1.165, 1.54) is 21.3 Å². The van der Waals surface area contributed by atoms with Gasteiger partial charge in [-0.2, -0.15) is 5.10 Å². The first-order chi connectivity index (χ1) is 18.1. The van der Waals surface area contributed by atoms with Crippen molar-refractivity contribution in [1.29, 1.82) is 0 Å². The number of carboxylic acids is 1. The van der Waals surface area contributed by atoms with Crippen LogP contribution in [0.5, 0.6) is 0 Å². The van der Waals surface area contributed by atoms with E-state index in [9.17, 15) is 24.3 Å². The molecule has 12 heteroatoms. The summed E-state index contributed by atoms with van der Waals surface area (Å²) in [5.74, 6) is -2.21. The average Bonchev–Trinajstić information content (AvgIpc) is 3.50. The number of hydrogen-bond acceptors (Lipinski definition) is 7. The lowest BCUT2D eigenvalue weighted by Gasteiger charge is -2.28. The maximum Gasteiger partial charge on any atom is 0.419 e. The van der Waals surface area contributed by atoms with Crippen LogP contribution in [-0.4, -0.2) is 48.6 Å². The second-order valence-corrected chi connectivity index (χ2v) is 9.65. The molecule has 3 aromatic heterocycles. The van der Waals surface area contributed by atoms with Gasteiger partial charge in [0.05, 0.1) is 17.1 Å². The van der Waals surface area contributed by atoms with E-state index in [-0.39, 0.29) is 24.5 Å². The van der Waals surface area contributed by atoms with E-state index in [0.717, 1.165) is 11.1 Å². The molecule has 2 amide bonds. The minimum absolute atomic E-state index is 0.0500. The van der Waals surface area contributed by atoms with Crippen molar-refractivity contribution in [3.8, 4) is 0 Å². The first kappa shape index (κ1) is 24.9. The number of hydrogen-bond donors (Lipinski definition) is 3. The van der Waals surface area contributed by atoms with Gasteiger partial charge in [0.25, 0.3) is 11.8 Å². The Hall–Kier alpha value is -4.74. The molecule has 0 radical (unpaired) electrons. The van der Waals surface area contributed by atoms with Gasteiger partial charge in [-0.25, -0.2) is 14.3 Å². The van der Waals surface area contributed by atoms with Crippen LogP contribution in [0.4, 0.5) is 0 Å². The zero-order valence-electron chi connectivity index (χ0n) is 20.9. The van der Waals surface area contributed by atoms with Gasteiger partial charge in [0.2, 0.25) is 0 Å². The van der Waals surface area contributed by atoms with Crippen molar-refractivity contribution in [1.82, 2.24) is 29.8 Å². The van der Waals surface area contributed by atoms with Crippen LogP contribution in [0.2, 0.25) is 0 Å². The Morgan fingerprint density at radius 1 is 1.13 bits per heavy atom. The number of rotatable bonds is 7. The number of aliphatic carboxylic acids is 1. The zero-order valence-corrected chi connectivity index (χ0v) is 20.9. The fraction of sp³-hybridized carbons (Fsp3) is 0.308. The lowest BCUT2D eigenvalue weighted by molar-refractivity contribution is -0.148. The summed E-state index contributed by atoms with van der Waals surface area (Å²) in [5.41, 5.74) is 2.52. The quantitative estimate of drug-likeness (QED) is 0.313. The van der Waals surface area contributed by atoms with Crippen LogP contribution in [0.1, 0.15) is 52.7 Å². The van der Waals surface area contributed by atoms with Crippen LogP contribution in [0.25, 0.3) is 16.7 Å². The average molecular weight is 519 g/mol. The Morgan fingerprint density at radius 2 is 1.92 bits per heavy atom. The Labute approximate surface area is 216 Å². The predicted octanol–water partition coefficient (Wildman–Crippen LogP) is 2.04. The molecular weight excluding hydrogens is 492 g/mol. The van der Waals surface area contributed by atoms with E-state index in [4.69, 9.17) is 4.42 Å². The number of nitrogens with one attached hydrogen (secondary N) is 2. The number of nitrogens with zero attached hydrogens (tertiary/aromatic N) is 4. The minimum Gasteiger partial charge on any atom is -0.481 e. The van der Waals surface area contributed by atoms with Crippen molar-refractivity contribution in [2.24, 2.45) is 12.5 Å². The molecule has 0 fully saturated rings. The standard InChI is InChI=1S/C26H26N6O6/c1-26(24(35)36)8-5-15(6-9-26)13-28-23(34)19-12-17(30-21-7-10-29-32(19)21)22(33)27-14-16-3-4-20-18(11-16)31(2)25(37)38-20/h3-5,7,10-12H,6,8-9,13-14H2,1-2H3,(H,27,33)(H,28,34)(H,35,36). The molecule has 12 nitrogen and oxygen atoms in total. The summed E-state index contributed by atoms with van der Waals surface area (Å²) in [4.78, 5) is 53.5. The van der Waals surface area contributed by atoms with Crippen LogP contribution in [-0.2, 0) is 18.4 Å². The van der Waals surface area contributed by atoms with Gasteiger partial charge in [-0.15, -0.1) is 0 Å². The van der Waals surface area contributed by atoms with Crippen molar-refractivity contribution in [3.63, 3.8) is 0 Å².